The minimum absolute atomic E-state index is 0.00380. The number of piperazine rings is 1. The molecular formula is C30H39Cl2FN4O3. The van der Waals surface area contributed by atoms with E-state index in [1.807, 2.05) is 17.0 Å². The molecule has 3 atom stereocenters. The number of hydrogen-bond donors (Lipinski definition) is 2. The van der Waals surface area contributed by atoms with Gasteiger partial charge in [-0.3, -0.25) is 14.9 Å². The van der Waals surface area contributed by atoms with Crippen LogP contribution < -0.4 is 10.2 Å². The van der Waals surface area contributed by atoms with Crippen molar-refractivity contribution in [3.8, 4) is 0 Å². The number of aliphatic hydroxyl groups is 1. The summed E-state index contributed by atoms with van der Waals surface area (Å²) >= 11 is 12.5. The third-order valence-electron chi connectivity index (χ3n) is 7.84. The van der Waals surface area contributed by atoms with Crippen LogP contribution in [0.15, 0.2) is 36.4 Å². The van der Waals surface area contributed by atoms with Crippen LogP contribution in [0.4, 0.5) is 10.1 Å². The monoisotopic (exact) mass is 592 g/mol. The van der Waals surface area contributed by atoms with E-state index in [-0.39, 0.29) is 17.6 Å². The lowest BCUT2D eigenvalue weighted by atomic mass is 9.98. The molecule has 2 heterocycles. The molecule has 7 nitrogen and oxygen atoms in total. The highest BCUT2D eigenvalue weighted by molar-refractivity contribution is 6.35. The summed E-state index contributed by atoms with van der Waals surface area (Å²) in [4.78, 5) is 32.2. The van der Waals surface area contributed by atoms with Crippen LogP contribution >= 0.6 is 23.2 Å². The molecule has 0 spiro atoms. The second-order valence-corrected chi connectivity index (χ2v) is 11.8. The van der Waals surface area contributed by atoms with E-state index in [2.05, 4.69) is 17.1 Å². The first-order valence-electron chi connectivity index (χ1n) is 14.1. The van der Waals surface area contributed by atoms with Crippen molar-refractivity contribution in [1.29, 1.82) is 0 Å². The zero-order chi connectivity index (χ0) is 28.8. The van der Waals surface area contributed by atoms with Crippen LogP contribution in [0.25, 0.3) is 0 Å². The first-order chi connectivity index (χ1) is 19.1. The molecule has 4 rings (SSSR count). The molecule has 0 radical (unpaired) electrons. The van der Waals surface area contributed by atoms with Gasteiger partial charge < -0.3 is 19.8 Å². The Bertz CT molecular complexity index is 1190. The van der Waals surface area contributed by atoms with Crippen LogP contribution in [0.5, 0.6) is 0 Å². The average Bonchev–Trinajstić information content (AvgIpc) is 3.35. The van der Waals surface area contributed by atoms with Gasteiger partial charge in [-0.1, -0.05) is 36.2 Å². The molecule has 40 heavy (non-hydrogen) atoms. The van der Waals surface area contributed by atoms with Gasteiger partial charge in [-0.05, 0) is 73.6 Å². The molecule has 0 aromatic heterocycles. The number of nitrogens with one attached hydrogen (secondary N) is 1. The third-order valence-corrected chi connectivity index (χ3v) is 8.43. The number of amides is 2. The zero-order valence-electron chi connectivity index (χ0n) is 23.2. The second kappa shape index (κ2) is 14.0. The maximum Gasteiger partial charge on any atom is 0.245 e. The summed E-state index contributed by atoms with van der Waals surface area (Å²) in [7, 11) is 0. The Morgan fingerprint density at radius 3 is 2.45 bits per heavy atom. The van der Waals surface area contributed by atoms with Gasteiger partial charge in [0, 0.05) is 67.8 Å². The van der Waals surface area contributed by atoms with Crippen molar-refractivity contribution in [2.24, 2.45) is 5.92 Å². The van der Waals surface area contributed by atoms with Crippen LogP contribution in [0.3, 0.4) is 0 Å². The summed E-state index contributed by atoms with van der Waals surface area (Å²) in [5, 5.41) is 13.5. The van der Waals surface area contributed by atoms with Gasteiger partial charge in [0.05, 0.1) is 0 Å². The number of nitrogens with zero attached hydrogens (tertiary/aromatic N) is 3. The number of likely N-dealkylation sites (tertiary alicyclic amines) is 1. The van der Waals surface area contributed by atoms with E-state index in [4.69, 9.17) is 23.2 Å². The molecule has 2 amide bonds. The fourth-order valence-corrected chi connectivity index (χ4v) is 6.03. The molecule has 218 valence electrons. The molecule has 2 saturated heterocycles. The van der Waals surface area contributed by atoms with Crippen molar-refractivity contribution in [2.45, 2.75) is 58.2 Å². The van der Waals surface area contributed by atoms with Gasteiger partial charge in [-0.15, -0.1) is 0 Å². The molecule has 0 aliphatic carbocycles. The first kappa shape index (κ1) is 30.6. The quantitative estimate of drug-likeness (QED) is 0.375. The van der Waals surface area contributed by atoms with E-state index in [0.717, 1.165) is 36.1 Å². The molecule has 2 aliphatic heterocycles. The summed E-state index contributed by atoms with van der Waals surface area (Å²) in [6, 6.07) is 9.54. The molecule has 2 aromatic rings. The summed E-state index contributed by atoms with van der Waals surface area (Å²) in [5.74, 6) is -0.0172. The van der Waals surface area contributed by atoms with E-state index in [1.165, 1.54) is 6.07 Å². The number of carbonyl (C=O) groups is 2. The van der Waals surface area contributed by atoms with E-state index >= 15 is 0 Å². The topological polar surface area (TPSA) is 76.1 Å². The van der Waals surface area contributed by atoms with Crippen molar-refractivity contribution in [2.75, 3.05) is 44.2 Å². The minimum atomic E-state index is -0.613. The fourth-order valence-electron chi connectivity index (χ4n) is 5.54. The zero-order valence-corrected chi connectivity index (χ0v) is 24.7. The highest BCUT2D eigenvalue weighted by atomic mass is 35.5. The summed E-state index contributed by atoms with van der Waals surface area (Å²) in [6.07, 6.45) is 2.55. The van der Waals surface area contributed by atoms with Crippen LogP contribution in [-0.4, -0.2) is 78.3 Å². The highest BCUT2D eigenvalue weighted by Gasteiger charge is 2.37. The predicted molar refractivity (Wildman–Crippen MR) is 157 cm³/mol. The second-order valence-electron chi connectivity index (χ2n) is 11.0. The molecule has 2 aliphatic rings. The summed E-state index contributed by atoms with van der Waals surface area (Å²) in [5.41, 5.74) is 2.72. The number of rotatable bonds is 11. The van der Waals surface area contributed by atoms with Crippen LogP contribution in [0.2, 0.25) is 10.0 Å². The summed E-state index contributed by atoms with van der Waals surface area (Å²) < 4.78 is 14.2. The Balaban J connectivity index is 1.43. The standard InChI is InChI=1S/C30H39Cl2FN4O3/c1-20(19-34-21(2)38)5-6-23-16-25(33)9-10-27(23)35-12-14-36(15-13-35)30(40)28(37-11-3-4-29(37)39)17-22-7-8-24(31)18-26(22)32/h7-10,16,18,20-21,28,34,38H,3-6,11-15,17,19H2,1-2H3. The first-order valence-corrected chi connectivity index (χ1v) is 14.8. The van der Waals surface area contributed by atoms with Crippen molar-refractivity contribution < 1.29 is 19.1 Å². The van der Waals surface area contributed by atoms with Crippen molar-refractivity contribution in [3.63, 3.8) is 0 Å². The Hall–Kier alpha value is -2.39. The fraction of sp³-hybridized carbons (Fsp3) is 0.533. The molecule has 2 aromatic carbocycles. The molecule has 0 bridgehead atoms. The minimum Gasteiger partial charge on any atom is -0.379 e. The lowest BCUT2D eigenvalue weighted by Gasteiger charge is -2.40. The van der Waals surface area contributed by atoms with E-state index in [9.17, 15) is 19.1 Å². The lowest BCUT2D eigenvalue weighted by Crippen LogP contribution is -2.56. The SMILES string of the molecule is CC(CCc1cc(F)ccc1N1CCN(C(=O)C(Cc2ccc(Cl)cc2Cl)N2CCCC2=O)CC1)CNC(C)O. The highest BCUT2D eigenvalue weighted by Crippen LogP contribution is 2.28. The Kier molecular flexibility index (Phi) is 10.7. The van der Waals surface area contributed by atoms with Gasteiger partial charge in [0.15, 0.2) is 0 Å². The number of aryl methyl sites for hydroxylation is 1. The predicted octanol–water partition coefficient (Wildman–Crippen LogP) is 4.51. The van der Waals surface area contributed by atoms with Crippen molar-refractivity contribution in [1.82, 2.24) is 15.1 Å². The van der Waals surface area contributed by atoms with Gasteiger partial charge in [-0.2, -0.15) is 0 Å². The molecule has 3 unspecified atom stereocenters. The summed E-state index contributed by atoms with van der Waals surface area (Å²) in [6.45, 7) is 7.30. The van der Waals surface area contributed by atoms with E-state index in [0.29, 0.717) is 68.1 Å². The Labute approximate surface area is 246 Å². The van der Waals surface area contributed by atoms with Crippen LogP contribution in [-0.2, 0) is 22.4 Å². The van der Waals surface area contributed by atoms with Gasteiger partial charge in [-0.25, -0.2) is 4.39 Å². The number of anilines is 1. The van der Waals surface area contributed by atoms with Crippen LogP contribution in [0, 0.1) is 11.7 Å². The third kappa shape index (κ3) is 7.87. The molecular weight excluding hydrogens is 554 g/mol. The number of carbonyl (C=O) groups excluding carboxylic acids is 2. The Morgan fingerprint density at radius 2 is 1.80 bits per heavy atom. The molecule has 10 heteroatoms. The smallest absolute Gasteiger partial charge is 0.245 e. The van der Waals surface area contributed by atoms with Gasteiger partial charge in [0.25, 0.3) is 0 Å². The lowest BCUT2D eigenvalue weighted by molar-refractivity contribution is -0.143. The number of aliphatic hydroxyl groups excluding tert-OH is 1. The van der Waals surface area contributed by atoms with Gasteiger partial charge in [0.1, 0.15) is 18.1 Å². The average molecular weight is 594 g/mol. The Morgan fingerprint density at radius 1 is 1.05 bits per heavy atom. The van der Waals surface area contributed by atoms with Crippen LogP contribution in [0.1, 0.15) is 44.2 Å². The van der Waals surface area contributed by atoms with E-state index in [1.54, 1.807) is 30.0 Å². The largest absolute Gasteiger partial charge is 0.379 e. The number of benzene rings is 2. The molecule has 2 N–H and O–H groups in total. The van der Waals surface area contributed by atoms with Crippen molar-refractivity contribution in [3.05, 3.63) is 63.4 Å². The van der Waals surface area contributed by atoms with E-state index < -0.39 is 12.3 Å². The van der Waals surface area contributed by atoms with Gasteiger partial charge in [0.2, 0.25) is 11.8 Å². The maximum absolute atomic E-state index is 14.2. The maximum atomic E-state index is 14.2. The molecule has 2 fully saturated rings. The molecule has 0 saturated carbocycles. The van der Waals surface area contributed by atoms with Crippen molar-refractivity contribution >= 4 is 40.7 Å². The number of halogens is 3. The normalized spacial score (nSPS) is 18.2. The van der Waals surface area contributed by atoms with Gasteiger partial charge >= 0.3 is 0 Å². The number of hydrogen-bond acceptors (Lipinski definition) is 5.